The lowest BCUT2D eigenvalue weighted by Crippen LogP contribution is -2.27. The molecule has 0 aromatic heterocycles. The Balaban J connectivity index is 1.90. The topological polar surface area (TPSA) is 41.1 Å². The molecule has 1 aliphatic heterocycles. The second-order valence-electron chi connectivity index (χ2n) is 4.51. The maximum Gasteiger partial charge on any atom is 0.225 e. The zero-order valence-electron chi connectivity index (χ0n) is 9.92. The monoisotopic (exact) mass is 296 g/mol. The van der Waals surface area contributed by atoms with E-state index in [1.165, 1.54) is 12.0 Å². The van der Waals surface area contributed by atoms with Crippen LogP contribution in [-0.2, 0) is 4.79 Å². The largest absolute Gasteiger partial charge is 0.326 e. The normalized spacial score (nSPS) is 19.3. The fraction of sp³-hybridized carbons (Fsp3) is 0.462. The molecule has 1 aromatic rings. The summed E-state index contributed by atoms with van der Waals surface area (Å²) >= 11 is 3.46. The lowest BCUT2D eigenvalue weighted by molar-refractivity contribution is -0.116. The third kappa shape index (κ3) is 3.54. The van der Waals surface area contributed by atoms with Crippen LogP contribution in [0.1, 0.15) is 24.8 Å². The highest BCUT2D eigenvalue weighted by atomic mass is 79.9. The summed E-state index contributed by atoms with van der Waals surface area (Å²) in [6.45, 7) is 3.06. The average Bonchev–Trinajstić information content (AvgIpc) is 2.76. The van der Waals surface area contributed by atoms with Crippen LogP contribution in [0.3, 0.4) is 0 Å². The van der Waals surface area contributed by atoms with Crippen molar-refractivity contribution in [1.29, 1.82) is 0 Å². The van der Waals surface area contributed by atoms with E-state index < -0.39 is 0 Å². The number of aryl methyl sites for hydroxylation is 1. The third-order valence-corrected chi connectivity index (χ3v) is 3.90. The van der Waals surface area contributed by atoms with Crippen LogP contribution < -0.4 is 10.6 Å². The molecule has 0 saturated carbocycles. The first kappa shape index (κ1) is 12.6. The van der Waals surface area contributed by atoms with Gasteiger partial charge in [-0.2, -0.15) is 0 Å². The van der Waals surface area contributed by atoms with Gasteiger partial charge in [-0.1, -0.05) is 22.0 Å². The molecular formula is C13H17BrN2O. The number of rotatable bonds is 3. The van der Waals surface area contributed by atoms with Crippen LogP contribution in [-0.4, -0.2) is 18.5 Å². The third-order valence-electron chi connectivity index (χ3n) is 3.05. The van der Waals surface area contributed by atoms with Gasteiger partial charge in [0.2, 0.25) is 5.91 Å². The van der Waals surface area contributed by atoms with E-state index in [0.29, 0.717) is 12.5 Å². The summed E-state index contributed by atoms with van der Waals surface area (Å²) in [4.78, 5) is 11.8. The van der Waals surface area contributed by atoms with Crippen molar-refractivity contribution in [2.45, 2.75) is 32.2 Å². The Bertz CT molecular complexity index is 414. The minimum Gasteiger partial charge on any atom is -0.326 e. The first-order valence-electron chi connectivity index (χ1n) is 5.94. The number of amides is 1. The number of hydrogen-bond acceptors (Lipinski definition) is 2. The fourth-order valence-electron chi connectivity index (χ4n) is 2.04. The van der Waals surface area contributed by atoms with Crippen LogP contribution >= 0.6 is 15.9 Å². The van der Waals surface area contributed by atoms with Gasteiger partial charge in [0.15, 0.2) is 0 Å². The Morgan fingerprint density at radius 3 is 3.06 bits per heavy atom. The van der Waals surface area contributed by atoms with Gasteiger partial charge >= 0.3 is 0 Å². The van der Waals surface area contributed by atoms with Gasteiger partial charge in [-0.3, -0.25) is 4.79 Å². The number of hydrogen-bond donors (Lipinski definition) is 2. The van der Waals surface area contributed by atoms with Crippen molar-refractivity contribution in [3.05, 3.63) is 28.2 Å². The molecule has 1 aromatic carbocycles. The van der Waals surface area contributed by atoms with Crippen molar-refractivity contribution >= 4 is 27.5 Å². The number of carbonyl (C=O) groups excluding carboxylic acids is 1. The molecule has 0 radical (unpaired) electrons. The predicted molar refractivity (Wildman–Crippen MR) is 73.2 cm³/mol. The standard InChI is InChI=1S/C13H17BrN2O/c1-9-4-5-11(7-12(9)14)16-13(17)8-10-3-2-6-15-10/h4-5,7,10,15H,2-3,6,8H2,1H3,(H,16,17). The van der Waals surface area contributed by atoms with E-state index in [0.717, 1.165) is 23.1 Å². The second kappa shape index (κ2) is 5.65. The molecule has 2 N–H and O–H groups in total. The van der Waals surface area contributed by atoms with Gasteiger partial charge in [-0.25, -0.2) is 0 Å². The van der Waals surface area contributed by atoms with E-state index in [1.54, 1.807) is 0 Å². The molecule has 3 nitrogen and oxygen atoms in total. The summed E-state index contributed by atoms with van der Waals surface area (Å²) in [5.41, 5.74) is 2.02. The summed E-state index contributed by atoms with van der Waals surface area (Å²) in [5, 5.41) is 6.25. The molecule has 1 saturated heterocycles. The highest BCUT2D eigenvalue weighted by molar-refractivity contribution is 9.10. The van der Waals surface area contributed by atoms with Crippen molar-refractivity contribution < 1.29 is 4.79 Å². The highest BCUT2D eigenvalue weighted by Gasteiger charge is 2.17. The van der Waals surface area contributed by atoms with Crippen LogP contribution in [0.4, 0.5) is 5.69 Å². The Hall–Kier alpha value is -0.870. The van der Waals surface area contributed by atoms with Crippen LogP contribution in [0.5, 0.6) is 0 Å². The lowest BCUT2D eigenvalue weighted by atomic mass is 10.1. The summed E-state index contributed by atoms with van der Waals surface area (Å²) in [5.74, 6) is 0.0835. The van der Waals surface area contributed by atoms with Crippen LogP contribution in [0.2, 0.25) is 0 Å². The average molecular weight is 297 g/mol. The Morgan fingerprint density at radius 1 is 1.59 bits per heavy atom. The molecule has 1 amide bonds. The van der Waals surface area contributed by atoms with E-state index in [2.05, 4.69) is 26.6 Å². The molecule has 1 fully saturated rings. The van der Waals surface area contributed by atoms with Crippen molar-refractivity contribution in [3.63, 3.8) is 0 Å². The van der Waals surface area contributed by atoms with Crippen molar-refractivity contribution in [1.82, 2.24) is 5.32 Å². The van der Waals surface area contributed by atoms with E-state index in [9.17, 15) is 4.79 Å². The van der Waals surface area contributed by atoms with Crippen molar-refractivity contribution in [2.75, 3.05) is 11.9 Å². The Labute approximate surface area is 110 Å². The summed E-state index contributed by atoms with van der Waals surface area (Å²) < 4.78 is 1.02. The van der Waals surface area contributed by atoms with Crippen LogP contribution in [0, 0.1) is 6.92 Å². The quantitative estimate of drug-likeness (QED) is 0.900. The zero-order chi connectivity index (χ0) is 12.3. The molecule has 0 bridgehead atoms. The minimum absolute atomic E-state index is 0.0835. The SMILES string of the molecule is Cc1ccc(NC(=O)CC2CCCN2)cc1Br. The molecule has 1 atom stereocenters. The first-order valence-corrected chi connectivity index (χ1v) is 6.74. The fourth-order valence-corrected chi connectivity index (χ4v) is 2.42. The minimum atomic E-state index is 0.0835. The molecule has 17 heavy (non-hydrogen) atoms. The van der Waals surface area contributed by atoms with Crippen LogP contribution in [0.25, 0.3) is 0 Å². The Morgan fingerprint density at radius 2 is 2.41 bits per heavy atom. The molecule has 0 aliphatic carbocycles. The summed E-state index contributed by atoms with van der Waals surface area (Å²) in [6.07, 6.45) is 2.84. The van der Waals surface area contributed by atoms with Gasteiger partial charge in [0, 0.05) is 22.6 Å². The second-order valence-corrected chi connectivity index (χ2v) is 5.36. The molecule has 0 spiro atoms. The number of halogens is 1. The highest BCUT2D eigenvalue weighted by Crippen LogP contribution is 2.21. The smallest absolute Gasteiger partial charge is 0.225 e. The van der Waals surface area contributed by atoms with E-state index >= 15 is 0 Å². The van der Waals surface area contributed by atoms with Gasteiger partial charge in [0.25, 0.3) is 0 Å². The molecule has 92 valence electrons. The molecule has 1 heterocycles. The van der Waals surface area contributed by atoms with E-state index in [-0.39, 0.29) is 5.91 Å². The Kier molecular flexibility index (Phi) is 4.18. The molecule has 4 heteroatoms. The van der Waals surface area contributed by atoms with Gasteiger partial charge in [0.1, 0.15) is 0 Å². The maximum absolute atomic E-state index is 11.8. The molecule has 1 unspecified atom stereocenters. The predicted octanol–water partition coefficient (Wildman–Crippen LogP) is 2.84. The first-order chi connectivity index (χ1) is 8.15. The molecule has 2 rings (SSSR count). The summed E-state index contributed by atoms with van der Waals surface area (Å²) in [6, 6.07) is 6.21. The molecule has 1 aliphatic rings. The van der Waals surface area contributed by atoms with Gasteiger partial charge < -0.3 is 10.6 Å². The van der Waals surface area contributed by atoms with Gasteiger partial charge in [-0.15, -0.1) is 0 Å². The number of anilines is 1. The number of benzene rings is 1. The summed E-state index contributed by atoms with van der Waals surface area (Å²) in [7, 11) is 0. The van der Waals surface area contributed by atoms with Crippen molar-refractivity contribution in [3.8, 4) is 0 Å². The van der Waals surface area contributed by atoms with Crippen molar-refractivity contribution in [2.24, 2.45) is 0 Å². The number of carbonyl (C=O) groups is 1. The van der Waals surface area contributed by atoms with Gasteiger partial charge in [-0.05, 0) is 44.0 Å². The van der Waals surface area contributed by atoms with E-state index in [1.807, 2.05) is 25.1 Å². The lowest BCUT2D eigenvalue weighted by Gasteiger charge is -2.11. The number of nitrogens with one attached hydrogen (secondary N) is 2. The maximum atomic E-state index is 11.8. The van der Waals surface area contributed by atoms with Crippen LogP contribution in [0.15, 0.2) is 22.7 Å². The zero-order valence-corrected chi connectivity index (χ0v) is 11.5. The van der Waals surface area contributed by atoms with E-state index in [4.69, 9.17) is 0 Å². The van der Waals surface area contributed by atoms with Gasteiger partial charge in [0.05, 0.1) is 0 Å². The molecular weight excluding hydrogens is 280 g/mol.